The maximum Gasteiger partial charge on any atom is 0.0166 e. The zero-order valence-electron chi connectivity index (χ0n) is 8.38. The van der Waals surface area contributed by atoms with E-state index in [4.69, 9.17) is 5.73 Å². The molecule has 1 atom stereocenters. The van der Waals surface area contributed by atoms with E-state index in [0.29, 0.717) is 5.92 Å². The molecule has 0 fully saturated rings. The molecule has 0 saturated carbocycles. The zero-order valence-corrected chi connectivity index (χ0v) is 8.38. The Bertz CT molecular complexity index is 309. The van der Waals surface area contributed by atoms with Crippen molar-refractivity contribution in [3.05, 3.63) is 35.4 Å². The van der Waals surface area contributed by atoms with Gasteiger partial charge < -0.3 is 5.73 Å². The number of rotatable bonds is 1. The van der Waals surface area contributed by atoms with Crippen LogP contribution >= 0.6 is 0 Å². The highest BCUT2D eigenvalue weighted by Gasteiger charge is 2.31. The van der Waals surface area contributed by atoms with Gasteiger partial charge in [-0.3, -0.25) is 0 Å². The highest BCUT2D eigenvalue weighted by atomic mass is 14.7. The second kappa shape index (κ2) is 2.85. The Morgan fingerprint density at radius 1 is 1.31 bits per heavy atom. The van der Waals surface area contributed by atoms with E-state index in [0.717, 1.165) is 0 Å². The van der Waals surface area contributed by atoms with Gasteiger partial charge in [-0.05, 0) is 37.8 Å². The molecule has 2 N–H and O–H groups in total. The Hall–Kier alpha value is -0.820. The molecule has 1 aliphatic rings. The van der Waals surface area contributed by atoms with Crippen molar-refractivity contribution in [3.8, 4) is 0 Å². The highest BCUT2D eigenvalue weighted by molar-refractivity contribution is 5.36. The largest absolute Gasteiger partial charge is 0.325 e. The molecule has 0 aromatic heterocycles. The number of hydrogen-bond donors (Lipinski definition) is 1. The van der Waals surface area contributed by atoms with Crippen LogP contribution < -0.4 is 5.73 Å². The third-order valence-electron chi connectivity index (χ3n) is 3.03. The summed E-state index contributed by atoms with van der Waals surface area (Å²) >= 11 is 0. The summed E-state index contributed by atoms with van der Waals surface area (Å²) in [5, 5.41) is 0. The van der Waals surface area contributed by atoms with Gasteiger partial charge in [0, 0.05) is 11.5 Å². The first-order valence-corrected chi connectivity index (χ1v) is 4.96. The van der Waals surface area contributed by atoms with Crippen LogP contribution in [0.1, 0.15) is 37.3 Å². The second-order valence-electron chi connectivity index (χ2n) is 4.61. The summed E-state index contributed by atoms with van der Waals surface area (Å²) < 4.78 is 0. The van der Waals surface area contributed by atoms with Crippen LogP contribution in [0, 0.1) is 0 Å². The third kappa shape index (κ3) is 1.49. The zero-order chi connectivity index (χ0) is 9.47. The van der Waals surface area contributed by atoms with Crippen molar-refractivity contribution in [2.75, 3.05) is 0 Å². The van der Waals surface area contributed by atoms with Gasteiger partial charge in [-0.2, -0.15) is 0 Å². The van der Waals surface area contributed by atoms with Gasteiger partial charge in [0.2, 0.25) is 0 Å². The smallest absolute Gasteiger partial charge is 0.0166 e. The van der Waals surface area contributed by atoms with E-state index >= 15 is 0 Å². The van der Waals surface area contributed by atoms with Gasteiger partial charge in [-0.25, -0.2) is 0 Å². The van der Waals surface area contributed by atoms with E-state index in [2.05, 4.69) is 38.1 Å². The minimum atomic E-state index is -0.0768. The number of benzene rings is 1. The monoisotopic (exact) mass is 175 g/mol. The maximum atomic E-state index is 6.16. The van der Waals surface area contributed by atoms with E-state index < -0.39 is 0 Å². The molecule has 2 rings (SSSR count). The molecule has 0 bridgehead atoms. The normalized spacial score (nSPS) is 21.6. The lowest BCUT2D eigenvalue weighted by Gasteiger charge is -2.27. The van der Waals surface area contributed by atoms with Crippen LogP contribution in [0.25, 0.3) is 0 Å². The summed E-state index contributed by atoms with van der Waals surface area (Å²) in [5.41, 5.74) is 9.04. The lowest BCUT2D eigenvalue weighted by molar-refractivity contribution is 0.409. The maximum absolute atomic E-state index is 6.16. The molecule has 70 valence electrons. The number of aryl methyl sites for hydroxylation is 1. The van der Waals surface area contributed by atoms with Crippen molar-refractivity contribution in [1.29, 1.82) is 0 Å². The van der Waals surface area contributed by atoms with Crippen LogP contribution in [-0.2, 0) is 6.42 Å². The summed E-state index contributed by atoms with van der Waals surface area (Å²) in [6, 6.07) is 8.68. The first kappa shape index (κ1) is 8.76. The fourth-order valence-corrected chi connectivity index (χ4v) is 2.33. The van der Waals surface area contributed by atoms with Crippen LogP contribution in [0.5, 0.6) is 0 Å². The lowest BCUT2D eigenvalue weighted by Crippen LogP contribution is -2.38. The first-order valence-electron chi connectivity index (χ1n) is 4.96. The fourth-order valence-electron chi connectivity index (χ4n) is 2.33. The molecule has 1 aliphatic carbocycles. The minimum Gasteiger partial charge on any atom is -0.325 e. The van der Waals surface area contributed by atoms with E-state index in [-0.39, 0.29) is 5.54 Å². The predicted molar refractivity (Wildman–Crippen MR) is 55.8 cm³/mol. The fraction of sp³-hybridized carbons (Fsp3) is 0.500. The van der Waals surface area contributed by atoms with E-state index in [1.807, 2.05) is 0 Å². The summed E-state index contributed by atoms with van der Waals surface area (Å²) in [7, 11) is 0. The summed E-state index contributed by atoms with van der Waals surface area (Å²) in [4.78, 5) is 0. The topological polar surface area (TPSA) is 26.0 Å². The van der Waals surface area contributed by atoms with Crippen LogP contribution in [0.3, 0.4) is 0 Å². The van der Waals surface area contributed by atoms with Gasteiger partial charge in [-0.1, -0.05) is 24.3 Å². The molecule has 0 unspecified atom stereocenters. The van der Waals surface area contributed by atoms with Gasteiger partial charge in [0.15, 0.2) is 0 Å². The summed E-state index contributed by atoms with van der Waals surface area (Å²) in [5.74, 6) is 0.545. The Morgan fingerprint density at radius 3 is 2.69 bits per heavy atom. The average molecular weight is 175 g/mol. The van der Waals surface area contributed by atoms with Crippen molar-refractivity contribution < 1.29 is 0 Å². The quantitative estimate of drug-likeness (QED) is 0.697. The molecule has 1 aromatic carbocycles. The standard InChI is InChI=1S/C12H17N/c1-12(2,13)11-8-7-9-5-3-4-6-10(9)11/h3-6,11H,7-8,13H2,1-2H3/t11-/m0/s1. The van der Waals surface area contributed by atoms with Crippen molar-refractivity contribution in [3.63, 3.8) is 0 Å². The highest BCUT2D eigenvalue weighted by Crippen LogP contribution is 2.38. The predicted octanol–water partition coefficient (Wildman–Crippen LogP) is 2.45. The molecule has 0 amide bonds. The lowest BCUT2D eigenvalue weighted by atomic mass is 9.84. The Balaban J connectivity index is 2.39. The number of nitrogens with two attached hydrogens (primary N) is 1. The van der Waals surface area contributed by atoms with E-state index in [9.17, 15) is 0 Å². The molecule has 1 heteroatoms. The number of fused-ring (bicyclic) bond motifs is 1. The molecule has 0 aliphatic heterocycles. The van der Waals surface area contributed by atoms with E-state index in [1.54, 1.807) is 0 Å². The Labute approximate surface area is 80.0 Å². The number of hydrogen-bond acceptors (Lipinski definition) is 1. The molecule has 0 heterocycles. The van der Waals surface area contributed by atoms with Crippen LogP contribution in [0.4, 0.5) is 0 Å². The van der Waals surface area contributed by atoms with Gasteiger partial charge in [0.05, 0.1) is 0 Å². The summed E-state index contributed by atoms with van der Waals surface area (Å²) in [6.45, 7) is 4.25. The van der Waals surface area contributed by atoms with Crippen molar-refractivity contribution in [2.24, 2.45) is 5.73 Å². The minimum absolute atomic E-state index is 0.0768. The van der Waals surface area contributed by atoms with Gasteiger partial charge >= 0.3 is 0 Å². The van der Waals surface area contributed by atoms with Gasteiger partial charge in [0.25, 0.3) is 0 Å². The molecule has 0 radical (unpaired) electrons. The van der Waals surface area contributed by atoms with E-state index in [1.165, 1.54) is 24.0 Å². The first-order chi connectivity index (χ1) is 6.09. The van der Waals surface area contributed by atoms with Gasteiger partial charge in [0.1, 0.15) is 0 Å². The molecular formula is C12H17N. The SMILES string of the molecule is CC(C)(N)[C@H]1CCc2ccccc21. The van der Waals surface area contributed by atoms with Crippen LogP contribution in [-0.4, -0.2) is 5.54 Å². The molecule has 0 spiro atoms. The molecule has 1 aromatic rings. The van der Waals surface area contributed by atoms with Gasteiger partial charge in [-0.15, -0.1) is 0 Å². The van der Waals surface area contributed by atoms with Crippen LogP contribution in [0.15, 0.2) is 24.3 Å². The van der Waals surface area contributed by atoms with Crippen LogP contribution in [0.2, 0.25) is 0 Å². The average Bonchev–Trinajstić information content (AvgIpc) is 2.45. The second-order valence-corrected chi connectivity index (χ2v) is 4.61. The third-order valence-corrected chi connectivity index (χ3v) is 3.03. The molecule has 13 heavy (non-hydrogen) atoms. The Morgan fingerprint density at radius 2 is 2.00 bits per heavy atom. The van der Waals surface area contributed by atoms with Crippen molar-refractivity contribution in [2.45, 2.75) is 38.1 Å². The van der Waals surface area contributed by atoms with Crippen molar-refractivity contribution >= 4 is 0 Å². The molecule has 0 saturated heterocycles. The van der Waals surface area contributed by atoms with Crippen molar-refractivity contribution in [1.82, 2.24) is 0 Å². The summed E-state index contributed by atoms with van der Waals surface area (Å²) in [6.07, 6.45) is 2.41. The Kier molecular flexibility index (Phi) is 1.92. The molecular weight excluding hydrogens is 158 g/mol. The molecule has 1 nitrogen and oxygen atoms in total.